The van der Waals surface area contributed by atoms with E-state index < -0.39 is 17.6 Å². The molecule has 0 aliphatic carbocycles. The molecule has 2 aromatic carbocycles. The minimum atomic E-state index is -0.888. The van der Waals surface area contributed by atoms with Crippen LogP contribution < -0.4 is 15.8 Å². The maximum Gasteiger partial charge on any atom is 0.249 e. The molecule has 0 aromatic heterocycles. The van der Waals surface area contributed by atoms with Crippen LogP contribution in [-0.2, 0) is 16.0 Å². The molecule has 4 N–H and O–H groups in total. The summed E-state index contributed by atoms with van der Waals surface area (Å²) in [5, 5.41) is 14.3. The normalized spacial score (nSPS) is 22.8. The quantitative estimate of drug-likeness (QED) is 0.520. The molecule has 1 heterocycles. The van der Waals surface area contributed by atoms with Gasteiger partial charge >= 0.3 is 0 Å². The topological polar surface area (TPSA) is 93.8 Å². The number of carbonyl (C=O) groups excluding carboxylic acids is 1. The first kappa shape index (κ1) is 23.5. The molecule has 7 heteroatoms. The largest absolute Gasteiger partial charge is 0.491 e. The van der Waals surface area contributed by atoms with Gasteiger partial charge in [-0.15, -0.1) is 0 Å². The lowest BCUT2D eigenvalue weighted by atomic mass is 10.0. The minimum Gasteiger partial charge on any atom is -0.491 e. The van der Waals surface area contributed by atoms with Crippen molar-refractivity contribution in [1.82, 2.24) is 5.32 Å². The molecule has 4 unspecified atom stereocenters. The number of benzene rings is 2. The molecule has 31 heavy (non-hydrogen) atoms. The van der Waals surface area contributed by atoms with Gasteiger partial charge in [-0.3, -0.25) is 4.79 Å². The van der Waals surface area contributed by atoms with E-state index in [0.29, 0.717) is 24.6 Å². The number of primary amides is 1. The van der Waals surface area contributed by atoms with E-state index in [2.05, 4.69) is 12.2 Å². The standard InChI is InChI=1S/C24H31ClN2O4/c1-16(27-14-22(28)18-4-3-5-19(25)13-18)12-17-6-8-20(9-7-17)30-15-21-10-11-24(2,31-21)23(26)29/h3-9,13,16,21-22,27-28H,10-12,14-15H2,1-2H3,(H2,26,29). The SMILES string of the molecule is CC(Cc1ccc(OCC2CCC(C)(C(N)=O)O2)cc1)NCC(O)c1cccc(Cl)c1. The number of amides is 1. The fourth-order valence-corrected chi connectivity index (χ4v) is 3.90. The predicted molar refractivity (Wildman–Crippen MR) is 121 cm³/mol. The second-order valence-electron chi connectivity index (χ2n) is 8.41. The van der Waals surface area contributed by atoms with Gasteiger partial charge in [0.15, 0.2) is 0 Å². The van der Waals surface area contributed by atoms with E-state index in [1.165, 1.54) is 5.56 Å². The third-order valence-corrected chi connectivity index (χ3v) is 5.92. The van der Waals surface area contributed by atoms with E-state index >= 15 is 0 Å². The average molecular weight is 447 g/mol. The Labute approximate surface area is 188 Å². The molecule has 0 radical (unpaired) electrons. The van der Waals surface area contributed by atoms with Gasteiger partial charge in [-0.2, -0.15) is 0 Å². The van der Waals surface area contributed by atoms with Gasteiger partial charge in [0.1, 0.15) is 18.0 Å². The highest BCUT2D eigenvalue weighted by molar-refractivity contribution is 6.30. The van der Waals surface area contributed by atoms with Crippen molar-refractivity contribution < 1.29 is 19.4 Å². The van der Waals surface area contributed by atoms with Crippen LogP contribution in [-0.4, -0.2) is 41.9 Å². The van der Waals surface area contributed by atoms with E-state index in [0.717, 1.165) is 24.2 Å². The molecule has 168 valence electrons. The van der Waals surface area contributed by atoms with Crippen LogP contribution in [0.4, 0.5) is 0 Å². The Kier molecular flexibility index (Phi) is 7.94. The van der Waals surface area contributed by atoms with Crippen molar-refractivity contribution in [3.05, 3.63) is 64.7 Å². The Morgan fingerprint density at radius 2 is 2.10 bits per heavy atom. The zero-order chi connectivity index (χ0) is 22.4. The van der Waals surface area contributed by atoms with Crippen molar-refractivity contribution in [3.8, 4) is 5.75 Å². The lowest BCUT2D eigenvalue weighted by Gasteiger charge is -2.21. The van der Waals surface area contributed by atoms with Crippen molar-refractivity contribution in [2.24, 2.45) is 5.73 Å². The maximum absolute atomic E-state index is 11.5. The number of aliphatic hydroxyl groups excluding tert-OH is 1. The lowest BCUT2D eigenvalue weighted by molar-refractivity contribution is -0.140. The van der Waals surface area contributed by atoms with E-state index in [1.54, 1.807) is 19.1 Å². The monoisotopic (exact) mass is 446 g/mol. The number of ether oxygens (including phenoxy) is 2. The highest BCUT2D eigenvalue weighted by atomic mass is 35.5. The van der Waals surface area contributed by atoms with Gasteiger partial charge in [-0.05, 0) is 68.5 Å². The first-order valence-corrected chi connectivity index (χ1v) is 11.0. The summed E-state index contributed by atoms with van der Waals surface area (Å²) >= 11 is 5.99. The number of carbonyl (C=O) groups is 1. The second kappa shape index (κ2) is 10.5. The summed E-state index contributed by atoms with van der Waals surface area (Å²) in [6.45, 7) is 4.66. The zero-order valence-electron chi connectivity index (χ0n) is 18.0. The molecule has 3 rings (SSSR count). The van der Waals surface area contributed by atoms with Gasteiger partial charge in [0.2, 0.25) is 5.91 Å². The number of hydrogen-bond acceptors (Lipinski definition) is 5. The molecule has 1 saturated heterocycles. The van der Waals surface area contributed by atoms with Crippen LogP contribution in [0.25, 0.3) is 0 Å². The molecule has 0 spiro atoms. The molecule has 1 amide bonds. The number of nitrogens with one attached hydrogen (secondary N) is 1. The third kappa shape index (κ3) is 6.68. The van der Waals surface area contributed by atoms with E-state index in [4.69, 9.17) is 26.8 Å². The molecule has 4 atom stereocenters. The number of hydrogen-bond donors (Lipinski definition) is 3. The van der Waals surface area contributed by atoms with Gasteiger partial charge in [0, 0.05) is 17.6 Å². The van der Waals surface area contributed by atoms with Crippen LogP contribution in [0, 0.1) is 0 Å². The highest BCUT2D eigenvalue weighted by Gasteiger charge is 2.41. The first-order valence-electron chi connectivity index (χ1n) is 10.6. The summed E-state index contributed by atoms with van der Waals surface area (Å²) in [5.41, 5.74) is 6.49. The lowest BCUT2D eigenvalue weighted by Crippen LogP contribution is -2.41. The van der Waals surface area contributed by atoms with Crippen LogP contribution in [0.2, 0.25) is 5.02 Å². The number of nitrogens with two attached hydrogens (primary N) is 1. The first-order chi connectivity index (χ1) is 14.7. The fourth-order valence-electron chi connectivity index (χ4n) is 3.70. The van der Waals surface area contributed by atoms with Crippen LogP contribution in [0.1, 0.15) is 43.9 Å². The summed E-state index contributed by atoms with van der Waals surface area (Å²) in [4.78, 5) is 11.5. The number of rotatable bonds is 10. The van der Waals surface area contributed by atoms with Crippen LogP contribution in [0.15, 0.2) is 48.5 Å². The van der Waals surface area contributed by atoms with Crippen LogP contribution in [0.5, 0.6) is 5.75 Å². The van der Waals surface area contributed by atoms with Crippen LogP contribution >= 0.6 is 11.6 Å². The number of halogens is 1. The van der Waals surface area contributed by atoms with Crippen molar-refractivity contribution in [1.29, 1.82) is 0 Å². The van der Waals surface area contributed by atoms with E-state index in [-0.39, 0.29) is 12.1 Å². The van der Waals surface area contributed by atoms with Gasteiger partial charge in [-0.25, -0.2) is 0 Å². The van der Waals surface area contributed by atoms with Gasteiger partial charge in [0.25, 0.3) is 0 Å². The van der Waals surface area contributed by atoms with E-state index in [1.807, 2.05) is 36.4 Å². The maximum atomic E-state index is 11.5. The zero-order valence-corrected chi connectivity index (χ0v) is 18.8. The Morgan fingerprint density at radius 1 is 1.35 bits per heavy atom. The molecular formula is C24H31ClN2O4. The molecule has 6 nitrogen and oxygen atoms in total. The van der Waals surface area contributed by atoms with Crippen LogP contribution in [0.3, 0.4) is 0 Å². The fraction of sp³-hybridized carbons (Fsp3) is 0.458. The molecule has 1 aliphatic rings. The van der Waals surface area contributed by atoms with E-state index in [9.17, 15) is 9.90 Å². The third-order valence-electron chi connectivity index (χ3n) is 5.69. The Bertz CT molecular complexity index is 876. The van der Waals surface area contributed by atoms with Crippen molar-refractivity contribution in [3.63, 3.8) is 0 Å². The Hall–Kier alpha value is -2.12. The molecule has 2 aromatic rings. The minimum absolute atomic E-state index is 0.132. The van der Waals surface area contributed by atoms with Gasteiger partial charge in [0.05, 0.1) is 12.2 Å². The summed E-state index contributed by atoms with van der Waals surface area (Å²) in [7, 11) is 0. The summed E-state index contributed by atoms with van der Waals surface area (Å²) in [6.07, 6.45) is 1.46. The molecule has 1 aliphatic heterocycles. The molecule has 1 fully saturated rings. The summed E-state index contributed by atoms with van der Waals surface area (Å²) < 4.78 is 11.6. The summed E-state index contributed by atoms with van der Waals surface area (Å²) in [5.74, 6) is 0.333. The Balaban J connectivity index is 1.41. The van der Waals surface area contributed by atoms with Crippen molar-refractivity contribution in [2.45, 2.75) is 57.0 Å². The smallest absolute Gasteiger partial charge is 0.249 e. The van der Waals surface area contributed by atoms with Gasteiger partial charge in [-0.1, -0.05) is 35.9 Å². The second-order valence-corrected chi connectivity index (χ2v) is 8.85. The van der Waals surface area contributed by atoms with Crippen molar-refractivity contribution in [2.75, 3.05) is 13.2 Å². The highest BCUT2D eigenvalue weighted by Crippen LogP contribution is 2.30. The molecule has 0 saturated carbocycles. The Morgan fingerprint density at radius 3 is 2.74 bits per heavy atom. The number of aliphatic hydroxyl groups is 1. The van der Waals surface area contributed by atoms with Gasteiger partial charge < -0.3 is 25.6 Å². The van der Waals surface area contributed by atoms with Crippen molar-refractivity contribution >= 4 is 17.5 Å². The molecular weight excluding hydrogens is 416 g/mol. The predicted octanol–water partition coefficient (Wildman–Crippen LogP) is 3.40. The average Bonchev–Trinajstić information content (AvgIpc) is 3.14. The molecule has 0 bridgehead atoms. The summed E-state index contributed by atoms with van der Waals surface area (Å²) in [6, 6.07) is 15.4.